The first-order valence-electron chi connectivity index (χ1n) is 8.50. The van der Waals surface area contributed by atoms with Crippen LogP contribution in [0, 0.1) is 0 Å². The van der Waals surface area contributed by atoms with Gasteiger partial charge in [-0.05, 0) is 36.8 Å². The van der Waals surface area contributed by atoms with Crippen LogP contribution in [-0.4, -0.2) is 26.4 Å². The van der Waals surface area contributed by atoms with Crippen molar-refractivity contribution in [3.8, 4) is 28.7 Å². The molecule has 5 heteroatoms. The lowest BCUT2D eigenvalue weighted by atomic mass is 9.91. The van der Waals surface area contributed by atoms with Crippen molar-refractivity contribution >= 4 is 6.08 Å². The minimum absolute atomic E-state index is 0.0233. The van der Waals surface area contributed by atoms with Crippen molar-refractivity contribution in [2.75, 3.05) is 21.3 Å². The molecule has 3 rings (SSSR count). The Morgan fingerprint density at radius 1 is 1.00 bits per heavy atom. The van der Waals surface area contributed by atoms with Gasteiger partial charge in [-0.1, -0.05) is 19.1 Å². The van der Waals surface area contributed by atoms with E-state index in [1.165, 1.54) is 7.11 Å². The number of aromatic hydroxyl groups is 1. The van der Waals surface area contributed by atoms with Crippen molar-refractivity contribution < 1.29 is 24.1 Å². The van der Waals surface area contributed by atoms with Gasteiger partial charge in [0.2, 0.25) is 5.75 Å². The fourth-order valence-electron chi connectivity index (χ4n) is 3.43. The number of hydrogen-bond donors (Lipinski definition) is 1. The van der Waals surface area contributed by atoms with Gasteiger partial charge in [0.1, 0.15) is 6.10 Å². The molecule has 1 N–H and O–H groups in total. The average molecular weight is 356 g/mol. The van der Waals surface area contributed by atoms with Crippen molar-refractivity contribution in [3.05, 3.63) is 47.0 Å². The van der Waals surface area contributed by atoms with Gasteiger partial charge in [-0.2, -0.15) is 0 Å². The smallest absolute Gasteiger partial charge is 0.203 e. The molecule has 0 unspecified atom stereocenters. The fraction of sp³-hybridized carbons (Fsp3) is 0.333. The molecule has 0 fully saturated rings. The van der Waals surface area contributed by atoms with E-state index in [1.54, 1.807) is 20.3 Å². The number of allylic oxidation sites excluding steroid dienone is 1. The molecule has 0 amide bonds. The van der Waals surface area contributed by atoms with E-state index in [4.69, 9.17) is 18.9 Å². The monoisotopic (exact) mass is 356 g/mol. The zero-order valence-corrected chi connectivity index (χ0v) is 15.7. The summed E-state index contributed by atoms with van der Waals surface area (Å²) in [5.41, 5.74) is 2.96. The zero-order valence-electron chi connectivity index (χ0n) is 15.7. The molecule has 1 aliphatic heterocycles. The number of ether oxygens (including phenoxy) is 4. The highest BCUT2D eigenvalue weighted by Crippen LogP contribution is 2.52. The lowest BCUT2D eigenvalue weighted by Gasteiger charge is -2.18. The van der Waals surface area contributed by atoms with Crippen LogP contribution in [0.2, 0.25) is 0 Å². The molecule has 0 aromatic heterocycles. The summed E-state index contributed by atoms with van der Waals surface area (Å²) in [5, 5.41) is 10.3. The van der Waals surface area contributed by atoms with Gasteiger partial charge in [-0.15, -0.1) is 0 Å². The van der Waals surface area contributed by atoms with Gasteiger partial charge in [-0.3, -0.25) is 0 Å². The van der Waals surface area contributed by atoms with Crippen molar-refractivity contribution in [1.29, 1.82) is 0 Å². The average Bonchev–Trinajstić information content (AvgIpc) is 2.97. The Kier molecular flexibility index (Phi) is 4.98. The van der Waals surface area contributed by atoms with Crippen molar-refractivity contribution in [1.82, 2.24) is 0 Å². The fourth-order valence-corrected chi connectivity index (χ4v) is 3.43. The van der Waals surface area contributed by atoms with Gasteiger partial charge in [-0.25, -0.2) is 0 Å². The maximum Gasteiger partial charge on any atom is 0.203 e. The molecule has 2 aromatic rings. The predicted octanol–water partition coefficient (Wildman–Crippen LogP) is 4.69. The van der Waals surface area contributed by atoms with E-state index in [1.807, 2.05) is 31.2 Å². The number of phenolic OH excluding ortho intramolecular Hbond substituents is 1. The summed E-state index contributed by atoms with van der Waals surface area (Å²) in [6, 6.07) is 7.57. The topological polar surface area (TPSA) is 57.2 Å². The van der Waals surface area contributed by atoms with Crippen LogP contribution in [0.1, 0.15) is 42.6 Å². The molecule has 1 heterocycles. The molecular weight excluding hydrogens is 332 g/mol. The SMILES string of the molecule is C/C=C/c1cc(OC)c2c(c1)[C@H](C)[C@@H](c1cc(O)c(OC)c(OC)c1)O2. The van der Waals surface area contributed by atoms with Gasteiger partial charge in [0.25, 0.3) is 0 Å². The Hall–Kier alpha value is -2.82. The summed E-state index contributed by atoms with van der Waals surface area (Å²) in [7, 11) is 4.68. The molecular formula is C21H24O5. The minimum Gasteiger partial charge on any atom is -0.504 e. The van der Waals surface area contributed by atoms with Crippen LogP contribution < -0.4 is 18.9 Å². The molecule has 0 radical (unpaired) electrons. The van der Waals surface area contributed by atoms with E-state index in [2.05, 4.69) is 13.0 Å². The zero-order chi connectivity index (χ0) is 18.8. The molecule has 1 aliphatic rings. The molecule has 0 bridgehead atoms. The number of fused-ring (bicyclic) bond motifs is 1. The Morgan fingerprint density at radius 2 is 1.73 bits per heavy atom. The third kappa shape index (κ3) is 2.94. The van der Waals surface area contributed by atoms with Crippen molar-refractivity contribution in [2.24, 2.45) is 0 Å². The standard InChI is InChI=1S/C21H24O5/c1-6-7-13-8-15-12(2)19(26-20(15)17(9-13)23-3)14-10-16(22)21(25-5)18(11-14)24-4/h6-12,19,22H,1-5H3/b7-6+/t12-,19-/m0/s1. The van der Waals surface area contributed by atoms with E-state index < -0.39 is 0 Å². The molecule has 0 saturated carbocycles. The van der Waals surface area contributed by atoms with E-state index >= 15 is 0 Å². The quantitative estimate of drug-likeness (QED) is 0.842. The number of benzene rings is 2. The first kappa shape index (κ1) is 18.0. The molecule has 2 aromatic carbocycles. The third-order valence-electron chi connectivity index (χ3n) is 4.68. The summed E-state index contributed by atoms with van der Waals surface area (Å²) in [4.78, 5) is 0. The third-order valence-corrected chi connectivity index (χ3v) is 4.68. The molecule has 0 spiro atoms. The molecule has 5 nitrogen and oxygen atoms in total. The molecule has 138 valence electrons. The Morgan fingerprint density at radius 3 is 2.35 bits per heavy atom. The lowest BCUT2D eigenvalue weighted by molar-refractivity contribution is 0.207. The summed E-state index contributed by atoms with van der Waals surface area (Å²) < 4.78 is 22.3. The number of hydrogen-bond acceptors (Lipinski definition) is 5. The number of rotatable bonds is 5. The second-order valence-electron chi connectivity index (χ2n) is 6.24. The highest BCUT2D eigenvalue weighted by molar-refractivity contribution is 5.62. The Balaban J connectivity index is 2.05. The molecule has 26 heavy (non-hydrogen) atoms. The van der Waals surface area contributed by atoms with Crippen LogP contribution in [0.15, 0.2) is 30.3 Å². The molecule has 0 saturated heterocycles. The maximum atomic E-state index is 10.3. The lowest BCUT2D eigenvalue weighted by Crippen LogP contribution is -2.08. The highest BCUT2D eigenvalue weighted by atomic mass is 16.5. The van der Waals surface area contributed by atoms with E-state index in [-0.39, 0.29) is 17.8 Å². The highest BCUT2D eigenvalue weighted by Gasteiger charge is 2.36. The largest absolute Gasteiger partial charge is 0.504 e. The van der Waals surface area contributed by atoms with Crippen molar-refractivity contribution in [3.63, 3.8) is 0 Å². The number of methoxy groups -OCH3 is 3. The van der Waals surface area contributed by atoms with Gasteiger partial charge < -0.3 is 24.1 Å². The first-order chi connectivity index (χ1) is 12.5. The van der Waals surface area contributed by atoms with Gasteiger partial charge in [0.05, 0.1) is 21.3 Å². The van der Waals surface area contributed by atoms with Gasteiger partial charge in [0.15, 0.2) is 23.0 Å². The van der Waals surface area contributed by atoms with Crippen LogP contribution in [0.5, 0.6) is 28.7 Å². The summed E-state index contributed by atoms with van der Waals surface area (Å²) in [6.45, 7) is 4.08. The van der Waals surface area contributed by atoms with Crippen LogP contribution in [0.25, 0.3) is 6.08 Å². The summed E-state index contributed by atoms with van der Waals surface area (Å²) in [5.74, 6) is 2.34. The van der Waals surface area contributed by atoms with E-state index in [0.717, 1.165) is 22.4 Å². The van der Waals surface area contributed by atoms with Crippen molar-refractivity contribution in [2.45, 2.75) is 25.9 Å². The first-order valence-corrected chi connectivity index (χ1v) is 8.50. The Bertz CT molecular complexity index is 841. The van der Waals surface area contributed by atoms with Gasteiger partial charge in [0, 0.05) is 17.0 Å². The predicted molar refractivity (Wildman–Crippen MR) is 101 cm³/mol. The van der Waals surface area contributed by atoms with Crippen LogP contribution >= 0.6 is 0 Å². The van der Waals surface area contributed by atoms with Gasteiger partial charge >= 0.3 is 0 Å². The van der Waals surface area contributed by atoms with E-state index in [9.17, 15) is 5.11 Å². The van der Waals surface area contributed by atoms with Crippen LogP contribution in [0.3, 0.4) is 0 Å². The normalized spacial score (nSPS) is 18.5. The molecule has 2 atom stereocenters. The number of phenols is 1. The Labute approximate surface area is 153 Å². The summed E-state index contributed by atoms with van der Waals surface area (Å²) >= 11 is 0. The van der Waals surface area contributed by atoms with Crippen LogP contribution in [0.4, 0.5) is 0 Å². The van der Waals surface area contributed by atoms with E-state index in [0.29, 0.717) is 17.2 Å². The second-order valence-corrected chi connectivity index (χ2v) is 6.24. The maximum absolute atomic E-state index is 10.3. The van der Waals surface area contributed by atoms with Crippen LogP contribution in [-0.2, 0) is 0 Å². The molecule has 0 aliphatic carbocycles. The second kappa shape index (κ2) is 7.20. The summed E-state index contributed by atoms with van der Waals surface area (Å²) in [6.07, 6.45) is 3.77. The minimum atomic E-state index is -0.259.